The first-order valence-electron chi connectivity index (χ1n) is 6.25. The summed E-state index contributed by atoms with van der Waals surface area (Å²) < 4.78 is 11.7. The van der Waals surface area contributed by atoms with E-state index in [1.165, 1.54) is 0 Å². The van der Waals surface area contributed by atoms with Gasteiger partial charge >= 0.3 is 0 Å². The molecule has 0 spiro atoms. The van der Waals surface area contributed by atoms with Gasteiger partial charge in [0.25, 0.3) is 0 Å². The highest BCUT2D eigenvalue weighted by Gasteiger charge is 2.11. The zero-order valence-electron chi connectivity index (χ0n) is 10.8. The normalized spacial score (nSPS) is 13.6. The zero-order chi connectivity index (χ0) is 14.8. The summed E-state index contributed by atoms with van der Waals surface area (Å²) in [4.78, 5) is 4.33. The second kappa shape index (κ2) is 5.95. The van der Waals surface area contributed by atoms with E-state index in [0.717, 1.165) is 4.47 Å². The quantitative estimate of drug-likeness (QED) is 0.803. The van der Waals surface area contributed by atoms with Crippen LogP contribution in [0.4, 0.5) is 5.69 Å². The number of phenols is 1. The van der Waals surface area contributed by atoms with Crippen molar-refractivity contribution in [2.24, 2.45) is 4.99 Å². The summed E-state index contributed by atoms with van der Waals surface area (Å²) >= 11 is 9.25. The van der Waals surface area contributed by atoms with E-state index in [-0.39, 0.29) is 10.8 Å². The van der Waals surface area contributed by atoms with Crippen LogP contribution in [0.3, 0.4) is 0 Å². The van der Waals surface area contributed by atoms with Crippen molar-refractivity contribution in [1.29, 1.82) is 0 Å². The maximum Gasteiger partial charge on any atom is 0.163 e. The first kappa shape index (κ1) is 14.2. The molecule has 6 heteroatoms. The summed E-state index contributed by atoms with van der Waals surface area (Å²) in [6, 6.07) is 8.79. The molecule has 0 fully saturated rings. The fraction of sp³-hybridized carbons (Fsp3) is 0.133. The van der Waals surface area contributed by atoms with Gasteiger partial charge in [-0.25, -0.2) is 0 Å². The van der Waals surface area contributed by atoms with E-state index >= 15 is 0 Å². The number of halogens is 2. The molecular formula is C15H11BrClNO3. The van der Waals surface area contributed by atoms with Crippen LogP contribution in [-0.4, -0.2) is 24.5 Å². The van der Waals surface area contributed by atoms with Crippen molar-refractivity contribution in [3.63, 3.8) is 0 Å². The molecule has 2 aromatic rings. The van der Waals surface area contributed by atoms with Crippen molar-refractivity contribution >= 4 is 39.4 Å². The number of benzene rings is 2. The van der Waals surface area contributed by atoms with Crippen LogP contribution in [0, 0.1) is 0 Å². The largest absolute Gasteiger partial charge is 0.506 e. The van der Waals surface area contributed by atoms with E-state index in [9.17, 15) is 5.11 Å². The first-order valence-corrected chi connectivity index (χ1v) is 7.42. The van der Waals surface area contributed by atoms with E-state index in [1.807, 2.05) is 12.1 Å². The number of rotatable bonds is 2. The molecule has 0 unspecified atom stereocenters. The highest BCUT2D eigenvalue weighted by atomic mass is 79.9. The summed E-state index contributed by atoms with van der Waals surface area (Å²) in [6.07, 6.45) is 1.55. The molecule has 1 aliphatic heterocycles. The molecule has 108 valence electrons. The summed E-state index contributed by atoms with van der Waals surface area (Å²) in [5.41, 5.74) is 1.24. The molecule has 0 atom stereocenters. The molecule has 4 nitrogen and oxygen atoms in total. The van der Waals surface area contributed by atoms with Gasteiger partial charge in [0, 0.05) is 22.3 Å². The molecule has 3 rings (SSSR count). The molecule has 21 heavy (non-hydrogen) atoms. The van der Waals surface area contributed by atoms with Crippen LogP contribution in [0.2, 0.25) is 5.02 Å². The number of hydrogen-bond donors (Lipinski definition) is 1. The van der Waals surface area contributed by atoms with Gasteiger partial charge in [-0.3, -0.25) is 4.99 Å². The summed E-state index contributed by atoms with van der Waals surface area (Å²) in [6.45, 7) is 1.09. The number of ether oxygens (including phenoxy) is 2. The second-order valence-corrected chi connectivity index (χ2v) is 5.73. The molecule has 0 bridgehead atoms. The maximum atomic E-state index is 9.90. The molecule has 1 heterocycles. The average Bonchev–Trinajstić information content (AvgIpc) is 2.49. The van der Waals surface area contributed by atoms with E-state index in [0.29, 0.717) is 36.0 Å². The zero-order valence-corrected chi connectivity index (χ0v) is 13.2. The Morgan fingerprint density at radius 2 is 1.90 bits per heavy atom. The molecule has 0 saturated heterocycles. The smallest absolute Gasteiger partial charge is 0.163 e. The molecule has 0 amide bonds. The summed E-state index contributed by atoms with van der Waals surface area (Å²) in [5, 5.41) is 10.2. The van der Waals surface area contributed by atoms with Crippen molar-refractivity contribution in [3.05, 3.63) is 45.4 Å². The SMILES string of the molecule is Oc1c(Cl)cc(Br)cc1C=Nc1ccc2c(c1)OCCO2. The fourth-order valence-corrected chi connectivity index (χ4v) is 2.77. The molecule has 0 aliphatic carbocycles. The van der Waals surface area contributed by atoms with Gasteiger partial charge in [-0.05, 0) is 24.3 Å². The molecule has 1 aliphatic rings. The topological polar surface area (TPSA) is 51.1 Å². The van der Waals surface area contributed by atoms with Crippen molar-refractivity contribution in [2.45, 2.75) is 0 Å². The number of phenolic OH excluding ortho intramolecular Hbond substituents is 1. The van der Waals surface area contributed by atoms with Gasteiger partial charge in [0.1, 0.15) is 19.0 Å². The second-order valence-electron chi connectivity index (χ2n) is 4.41. The Bertz CT molecular complexity index is 718. The van der Waals surface area contributed by atoms with Crippen molar-refractivity contribution in [2.75, 3.05) is 13.2 Å². The fourth-order valence-electron chi connectivity index (χ4n) is 1.94. The van der Waals surface area contributed by atoms with E-state index in [4.69, 9.17) is 21.1 Å². The molecule has 0 radical (unpaired) electrons. The van der Waals surface area contributed by atoms with Gasteiger partial charge in [0.05, 0.1) is 10.7 Å². The lowest BCUT2D eigenvalue weighted by Crippen LogP contribution is -2.14. The predicted octanol–water partition coefficient (Wildman–Crippen LogP) is 4.33. The lowest BCUT2D eigenvalue weighted by molar-refractivity contribution is 0.171. The molecular weight excluding hydrogens is 358 g/mol. The van der Waals surface area contributed by atoms with E-state index in [2.05, 4.69) is 20.9 Å². The molecule has 0 aromatic heterocycles. The van der Waals surface area contributed by atoms with Gasteiger partial charge in [-0.1, -0.05) is 27.5 Å². The van der Waals surface area contributed by atoms with Gasteiger partial charge < -0.3 is 14.6 Å². The predicted molar refractivity (Wildman–Crippen MR) is 85.5 cm³/mol. The standard InChI is InChI=1S/C15H11BrClNO3/c16-10-5-9(15(19)12(17)6-10)8-18-11-1-2-13-14(7-11)21-4-3-20-13/h1-2,5-8,19H,3-4H2. The van der Waals surface area contributed by atoms with Gasteiger partial charge in [-0.2, -0.15) is 0 Å². The Labute approximate surface area is 135 Å². The summed E-state index contributed by atoms with van der Waals surface area (Å²) in [7, 11) is 0. The highest BCUT2D eigenvalue weighted by molar-refractivity contribution is 9.10. The van der Waals surface area contributed by atoms with Crippen LogP contribution in [0.1, 0.15) is 5.56 Å². The van der Waals surface area contributed by atoms with Crippen molar-refractivity contribution in [1.82, 2.24) is 0 Å². The van der Waals surface area contributed by atoms with Crippen LogP contribution in [0.25, 0.3) is 0 Å². The monoisotopic (exact) mass is 367 g/mol. The molecule has 2 aromatic carbocycles. The van der Waals surface area contributed by atoms with E-state index < -0.39 is 0 Å². The minimum atomic E-state index is 0.00107. The lowest BCUT2D eigenvalue weighted by atomic mass is 10.2. The Morgan fingerprint density at radius 3 is 2.71 bits per heavy atom. The lowest BCUT2D eigenvalue weighted by Gasteiger charge is -2.18. The Morgan fingerprint density at radius 1 is 1.14 bits per heavy atom. The van der Waals surface area contributed by atoms with Crippen LogP contribution < -0.4 is 9.47 Å². The number of aromatic hydroxyl groups is 1. The molecule has 1 N–H and O–H groups in total. The van der Waals surface area contributed by atoms with Crippen molar-refractivity contribution in [3.8, 4) is 17.2 Å². The average molecular weight is 369 g/mol. The highest BCUT2D eigenvalue weighted by Crippen LogP contribution is 2.34. The minimum Gasteiger partial charge on any atom is -0.506 e. The third-order valence-electron chi connectivity index (χ3n) is 2.94. The summed E-state index contributed by atoms with van der Waals surface area (Å²) in [5.74, 6) is 1.39. The Kier molecular flexibility index (Phi) is 4.03. The number of aliphatic imine (C=N–C) groups is 1. The maximum absolute atomic E-state index is 9.90. The van der Waals surface area contributed by atoms with Crippen LogP contribution >= 0.6 is 27.5 Å². The minimum absolute atomic E-state index is 0.00107. The van der Waals surface area contributed by atoms with Gasteiger partial charge in [0.2, 0.25) is 0 Å². The van der Waals surface area contributed by atoms with Crippen LogP contribution in [0.5, 0.6) is 17.2 Å². The Hall–Kier alpha value is -1.72. The third-order valence-corrected chi connectivity index (χ3v) is 3.68. The van der Waals surface area contributed by atoms with Crippen molar-refractivity contribution < 1.29 is 14.6 Å². The van der Waals surface area contributed by atoms with Crippen LogP contribution in [-0.2, 0) is 0 Å². The van der Waals surface area contributed by atoms with Gasteiger partial charge in [0.15, 0.2) is 11.5 Å². The number of hydrogen-bond acceptors (Lipinski definition) is 4. The Balaban J connectivity index is 1.89. The number of fused-ring (bicyclic) bond motifs is 1. The van der Waals surface area contributed by atoms with Gasteiger partial charge in [-0.15, -0.1) is 0 Å². The first-order chi connectivity index (χ1) is 10.1. The third kappa shape index (κ3) is 3.14. The number of nitrogens with zero attached hydrogens (tertiary/aromatic N) is 1. The molecule has 0 saturated carbocycles. The van der Waals surface area contributed by atoms with Crippen LogP contribution in [0.15, 0.2) is 39.8 Å². The van der Waals surface area contributed by atoms with E-state index in [1.54, 1.807) is 24.4 Å².